The zero-order valence-corrected chi connectivity index (χ0v) is 13.5. The Labute approximate surface area is 136 Å². The molecule has 0 amide bonds. The van der Waals surface area contributed by atoms with Crippen molar-refractivity contribution >= 4 is 34.7 Å². The van der Waals surface area contributed by atoms with Crippen LogP contribution in [0.15, 0.2) is 18.5 Å². The van der Waals surface area contributed by atoms with Gasteiger partial charge < -0.3 is 10.4 Å². The Bertz CT molecular complexity index is 792. The first-order chi connectivity index (χ1) is 11.1. The monoisotopic (exact) mass is 332 g/mol. The smallest absolute Gasteiger partial charge is 0.290 e. The summed E-state index contributed by atoms with van der Waals surface area (Å²) in [5, 5.41) is 20.3. The summed E-state index contributed by atoms with van der Waals surface area (Å²) < 4.78 is 0. The fourth-order valence-electron chi connectivity index (χ4n) is 1.89. The lowest BCUT2D eigenvalue weighted by Gasteiger charge is -2.06. The zero-order chi connectivity index (χ0) is 16.7. The van der Waals surface area contributed by atoms with Gasteiger partial charge in [0.15, 0.2) is 5.82 Å². The molecule has 120 valence electrons. The van der Waals surface area contributed by atoms with E-state index in [0.717, 1.165) is 45.5 Å². The van der Waals surface area contributed by atoms with E-state index in [-0.39, 0.29) is 6.47 Å². The number of nitrogens with one attached hydrogen (secondary N) is 1. The molecule has 0 saturated heterocycles. The third-order valence-electron chi connectivity index (χ3n) is 2.82. The van der Waals surface area contributed by atoms with Crippen LogP contribution in [0.3, 0.4) is 0 Å². The van der Waals surface area contributed by atoms with Gasteiger partial charge in [-0.2, -0.15) is 0 Å². The normalized spacial score (nSPS) is 10.0. The highest BCUT2D eigenvalue weighted by molar-refractivity contribution is 7.11. The van der Waals surface area contributed by atoms with E-state index in [9.17, 15) is 0 Å². The summed E-state index contributed by atoms with van der Waals surface area (Å²) in [6.07, 6.45) is 2.37. The maximum atomic E-state index is 8.36. The van der Waals surface area contributed by atoms with E-state index in [0.29, 0.717) is 0 Å². The van der Waals surface area contributed by atoms with Gasteiger partial charge in [-0.25, -0.2) is 15.0 Å². The van der Waals surface area contributed by atoms with Gasteiger partial charge in [0, 0.05) is 18.7 Å². The van der Waals surface area contributed by atoms with Crippen molar-refractivity contribution < 1.29 is 9.90 Å². The molecule has 9 heteroatoms. The number of aromatic nitrogens is 5. The summed E-state index contributed by atoms with van der Waals surface area (Å²) in [4.78, 5) is 21.3. The van der Waals surface area contributed by atoms with Crippen LogP contribution in [0, 0.1) is 13.8 Å². The van der Waals surface area contributed by atoms with Crippen LogP contribution >= 0.6 is 11.3 Å². The first-order valence-corrected chi connectivity index (χ1v) is 7.64. The molecular formula is C14H16N6O2S. The lowest BCUT2D eigenvalue weighted by molar-refractivity contribution is -0.122. The van der Waals surface area contributed by atoms with Crippen molar-refractivity contribution in [3.8, 4) is 0 Å². The summed E-state index contributed by atoms with van der Waals surface area (Å²) in [6, 6.07) is 3.90. The fourth-order valence-corrected chi connectivity index (χ4v) is 2.60. The van der Waals surface area contributed by atoms with Crippen molar-refractivity contribution in [2.24, 2.45) is 0 Å². The van der Waals surface area contributed by atoms with Crippen LogP contribution in [0.4, 0.5) is 5.82 Å². The highest BCUT2D eigenvalue weighted by atomic mass is 32.1. The topological polar surface area (TPSA) is 114 Å². The summed E-state index contributed by atoms with van der Waals surface area (Å²) in [5.74, 6) is 0.764. The molecule has 0 atom stereocenters. The summed E-state index contributed by atoms with van der Waals surface area (Å²) in [5.41, 5.74) is 2.61. The average Bonchev–Trinajstić information content (AvgIpc) is 2.94. The summed E-state index contributed by atoms with van der Waals surface area (Å²) in [7, 11) is 0. The Morgan fingerprint density at radius 2 is 2.04 bits per heavy atom. The van der Waals surface area contributed by atoms with Gasteiger partial charge in [-0.3, -0.25) is 4.79 Å². The van der Waals surface area contributed by atoms with Gasteiger partial charge in [0.2, 0.25) is 0 Å². The molecule has 0 aliphatic carbocycles. The first-order valence-electron chi connectivity index (χ1n) is 6.83. The third-order valence-corrected chi connectivity index (χ3v) is 3.72. The zero-order valence-electron chi connectivity index (χ0n) is 12.7. The minimum absolute atomic E-state index is 0.250. The Kier molecular flexibility index (Phi) is 5.87. The minimum atomic E-state index is -0.250. The van der Waals surface area contributed by atoms with E-state index >= 15 is 0 Å². The SMILES string of the molecule is Cc1ccc2ncnc(NCCc3nnc(C)s3)c2n1.O=CO. The minimum Gasteiger partial charge on any atom is -0.483 e. The third kappa shape index (κ3) is 4.65. The molecule has 3 heterocycles. The number of hydrogen-bond acceptors (Lipinski definition) is 8. The number of aryl methyl sites for hydroxylation is 2. The van der Waals surface area contributed by atoms with E-state index in [1.54, 1.807) is 17.7 Å². The van der Waals surface area contributed by atoms with Crippen LogP contribution in [0.25, 0.3) is 11.0 Å². The Morgan fingerprint density at radius 1 is 1.26 bits per heavy atom. The number of pyridine rings is 1. The number of rotatable bonds is 4. The van der Waals surface area contributed by atoms with Gasteiger partial charge in [0.05, 0.1) is 5.52 Å². The number of hydrogen-bond donors (Lipinski definition) is 2. The molecule has 3 aromatic rings. The lowest BCUT2D eigenvalue weighted by atomic mass is 10.3. The van der Waals surface area contributed by atoms with Crippen LogP contribution < -0.4 is 5.32 Å². The molecule has 0 fully saturated rings. The van der Waals surface area contributed by atoms with Crippen LogP contribution in [0.1, 0.15) is 15.7 Å². The van der Waals surface area contributed by atoms with E-state index < -0.39 is 0 Å². The molecule has 3 rings (SSSR count). The van der Waals surface area contributed by atoms with Gasteiger partial charge in [0.1, 0.15) is 21.9 Å². The molecular weight excluding hydrogens is 316 g/mol. The van der Waals surface area contributed by atoms with Crippen LogP contribution in [0.5, 0.6) is 0 Å². The van der Waals surface area contributed by atoms with E-state index in [2.05, 4.69) is 30.5 Å². The lowest BCUT2D eigenvalue weighted by Crippen LogP contribution is -2.07. The highest BCUT2D eigenvalue weighted by Crippen LogP contribution is 2.17. The predicted molar refractivity (Wildman–Crippen MR) is 87.6 cm³/mol. The molecule has 8 nitrogen and oxygen atoms in total. The molecule has 23 heavy (non-hydrogen) atoms. The van der Waals surface area contributed by atoms with Crippen molar-refractivity contribution in [2.75, 3.05) is 11.9 Å². The first kappa shape index (κ1) is 16.7. The van der Waals surface area contributed by atoms with Crippen molar-refractivity contribution in [3.63, 3.8) is 0 Å². The maximum absolute atomic E-state index is 8.36. The van der Waals surface area contributed by atoms with Crippen molar-refractivity contribution in [1.29, 1.82) is 0 Å². The second-order valence-electron chi connectivity index (χ2n) is 4.54. The van der Waals surface area contributed by atoms with E-state index in [1.807, 2.05) is 26.0 Å². The number of carboxylic acid groups (broad SMARTS) is 1. The van der Waals surface area contributed by atoms with Crippen LogP contribution in [0.2, 0.25) is 0 Å². The molecule has 0 radical (unpaired) electrons. The maximum Gasteiger partial charge on any atom is 0.290 e. The largest absolute Gasteiger partial charge is 0.483 e. The van der Waals surface area contributed by atoms with Gasteiger partial charge in [-0.1, -0.05) is 0 Å². The summed E-state index contributed by atoms with van der Waals surface area (Å²) in [6.45, 7) is 4.41. The predicted octanol–water partition coefficient (Wildman–Crippen LogP) is 1.85. The van der Waals surface area contributed by atoms with Gasteiger partial charge >= 0.3 is 0 Å². The molecule has 0 aromatic carbocycles. The number of nitrogens with zero attached hydrogens (tertiary/aromatic N) is 5. The second kappa shape index (κ2) is 8.08. The van der Waals surface area contributed by atoms with Crippen molar-refractivity contribution in [3.05, 3.63) is 34.2 Å². The Morgan fingerprint density at radius 3 is 2.74 bits per heavy atom. The molecule has 3 aromatic heterocycles. The molecule has 0 bridgehead atoms. The van der Waals surface area contributed by atoms with E-state index in [4.69, 9.17) is 9.90 Å². The quantitative estimate of drug-likeness (QED) is 0.696. The van der Waals surface area contributed by atoms with Gasteiger partial charge in [-0.15, -0.1) is 21.5 Å². The fraction of sp³-hybridized carbons (Fsp3) is 0.286. The second-order valence-corrected chi connectivity index (χ2v) is 5.81. The summed E-state index contributed by atoms with van der Waals surface area (Å²) >= 11 is 1.62. The Balaban J connectivity index is 0.000000595. The van der Waals surface area contributed by atoms with Gasteiger partial charge in [-0.05, 0) is 26.0 Å². The van der Waals surface area contributed by atoms with E-state index in [1.165, 1.54) is 0 Å². The molecule has 0 spiro atoms. The standard InChI is InChI=1S/C13H14N6S.CH2O2/c1-8-3-4-10-12(17-8)13(16-7-15-10)14-6-5-11-19-18-9(2)20-11;2-1-3/h3-4,7H,5-6H2,1-2H3,(H,14,15,16);1H,(H,2,3). The van der Waals surface area contributed by atoms with Crippen molar-refractivity contribution in [2.45, 2.75) is 20.3 Å². The molecule has 0 saturated carbocycles. The molecule has 0 unspecified atom stereocenters. The molecule has 0 aliphatic heterocycles. The highest BCUT2D eigenvalue weighted by Gasteiger charge is 2.06. The van der Waals surface area contributed by atoms with Crippen LogP contribution in [-0.2, 0) is 11.2 Å². The average molecular weight is 332 g/mol. The van der Waals surface area contributed by atoms with Crippen LogP contribution in [-0.4, -0.2) is 43.3 Å². The molecule has 2 N–H and O–H groups in total. The Hall–Kier alpha value is -2.68. The number of carbonyl (C=O) groups is 1. The number of anilines is 1. The van der Waals surface area contributed by atoms with Crippen molar-refractivity contribution in [1.82, 2.24) is 25.1 Å². The number of fused-ring (bicyclic) bond motifs is 1. The van der Waals surface area contributed by atoms with Gasteiger partial charge in [0.25, 0.3) is 6.47 Å². The molecule has 0 aliphatic rings.